The molecule has 1 aromatic rings. The molecular formula is C11H11Br2NO2S. The number of hydrogen-bond donors (Lipinski definition) is 1. The SMILES string of the molecule is O=S1(=O)C=CC(NCc2ccc(Br)c(Br)c2)C1. The summed E-state index contributed by atoms with van der Waals surface area (Å²) in [7, 11) is -2.97. The minimum Gasteiger partial charge on any atom is -0.305 e. The second kappa shape index (κ2) is 5.22. The van der Waals surface area contributed by atoms with Gasteiger partial charge in [0, 0.05) is 26.9 Å². The van der Waals surface area contributed by atoms with Crippen molar-refractivity contribution >= 4 is 41.7 Å². The summed E-state index contributed by atoms with van der Waals surface area (Å²) >= 11 is 6.84. The summed E-state index contributed by atoms with van der Waals surface area (Å²) in [5.74, 6) is 0.157. The summed E-state index contributed by atoms with van der Waals surface area (Å²) < 4.78 is 24.4. The molecule has 0 aromatic heterocycles. The molecule has 6 heteroatoms. The fourth-order valence-electron chi connectivity index (χ4n) is 1.60. The van der Waals surface area contributed by atoms with Gasteiger partial charge in [0.05, 0.1) is 5.75 Å². The van der Waals surface area contributed by atoms with Crippen LogP contribution in [0, 0.1) is 0 Å². The summed E-state index contributed by atoms with van der Waals surface area (Å²) in [6.07, 6.45) is 1.70. The molecule has 1 aliphatic rings. The summed E-state index contributed by atoms with van der Waals surface area (Å²) in [5, 5.41) is 4.48. The first-order valence-electron chi connectivity index (χ1n) is 5.04. The molecule has 0 bridgehead atoms. The molecule has 17 heavy (non-hydrogen) atoms. The lowest BCUT2D eigenvalue weighted by atomic mass is 10.2. The minimum atomic E-state index is -2.97. The molecule has 0 fully saturated rings. The first-order valence-corrected chi connectivity index (χ1v) is 8.35. The summed E-state index contributed by atoms with van der Waals surface area (Å²) in [6.45, 7) is 0.649. The number of nitrogens with one attached hydrogen (secondary N) is 1. The van der Waals surface area contributed by atoms with Crippen LogP contribution in [0.5, 0.6) is 0 Å². The second-order valence-electron chi connectivity index (χ2n) is 3.89. The smallest absolute Gasteiger partial charge is 0.173 e. The lowest BCUT2D eigenvalue weighted by Gasteiger charge is -2.10. The van der Waals surface area contributed by atoms with Gasteiger partial charge in [0.25, 0.3) is 0 Å². The molecule has 0 radical (unpaired) electrons. The Bertz CT molecular complexity index is 555. The highest BCUT2D eigenvalue weighted by Crippen LogP contribution is 2.23. The Hall–Kier alpha value is -0.170. The van der Waals surface area contributed by atoms with E-state index in [-0.39, 0.29) is 11.8 Å². The zero-order chi connectivity index (χ0) is 12.5. The largest absolute Gasteiger partial charge is 0.305 e. The van der Waals surface area contributed by atoms with Gasteiger partial charge in [-0.2, -0.15) is 0 Å². The van der Waals surface area contributed by atoms with Crippen molar-refractivity contribution in [2.45, 2.75) is 12.6 Å². The van der Waals surface area contributed by atoms with Crippen LogP contribution >= 0.6 is 31.9 Å². The molecule has 1 heterocycles. The van der Waals surface area contributed by atoms with Crippen molar-refractivity contribution in [3.05, 3.63) is 44.2 Å². The maximum atomic E-state index is 11.2. The summed E-state index contributed by atoms with van der Waals surface area (Å²) in [4.78, 5) is 0. The molecule has 92 valence electrons. The maximum Gasteiger partial charge on any atom is 0.173 e. The van der Waals surface area contributed by atoms with Crippen LogP contribution < -0.4 is 5.32 Å². The van der Waals surface area contributed by atoms with E-state index < -0.39 is 9.84 Å². The lowest BCUT2D eigenvalue weighted by Crippen LogP contribution is -2.29. The second-order valence-corrected chi connectivity index (χ2v) is 7.53. The number of sulfone groups is 1. The Balaban J connectivity index is 1.95. The van der Waals surface area contributed by atoms with Gasteiger partial charge in [0.2, 0.25) is 0 Å². The first-order chi connectivity index (χ1) is 7.96. The van der Waals surface area contributed by atoms with Crippen LogP contribution in [0.4, 0.5) is 0 Å². The van der Waals surface area contributed by atoms with Crippen LogP contribution in [-0.4, -0.2) is 20.2 Å². The van der Waals surface area contributed by atoms with E-state index >= 15 is 0 Å². The number of rotatable bonds is 3. The first kappa shape index (κ1) is 13.3. The van der Waals surface area contributed by atoms with Crippen LogP contribution in [0.25, 0.3) is 0 Å². The van der Waals surface area contributed by atoms with Crippen molar-refractivity contribution in [1.82, 2.24) is 5.32 Å². The van der Waals surface area contributed by atoms with Gasteiger partial charge in [-0.15, -0.1) is 0 Å². The Morgan fingerprint density at radius 3 is 2.65 bits per heavy atom. The third-order valence-electron chi connectivity index (χ3n) is 2.48. The zero-order valence-electron chi connectivity index (χ0n) is 8.86. The molecule has 2 rings (SSSR count). The molecular weight excluding hydrogens is 370 g/mol. The molecule has 0 spiro atoms. The normalized spacial score (nSPS) is 21.9. The monoisotopic (exact) mass is 379 g/mol. The fourth-order valence-corrected chi connectivity index (χ4v) is 3.54. The standard InChI is InChI=1S/C11H11Br2NO2S/c12-10-2-1-8(5-11(10)13)6-14-9-3-4-17(15,16)7-9/h1-5,9,14H,6-7H2. The van der Waals surface area contributed by atoms with Crippen molar-refractivity contribution in [3.8, 4) is 0 Å². The van der Waals surface area contributed by atoms with E-state index in [0.717, 1.165) is 14.5 Å². The van der Waals surface area contributed by atoms with Gasteiger partial charge in [0.15, 0.2) is 9.84 Å². The van der Waals surface area contributed by atoms with Crippen LogP contribution in [0.15, 0.2) is 38.6 Å². The van der Waals surface area contributed by atoms with Crippen molar-refractivity contribution < 1.29 is 8.42 Å². The van der Waals surface area contributed by atoms with E-state index in [9.17, 15) is 8.42 Å². The van der Waals surface area contributed by atoms with Crippen molar-refractivity contribution in [1.29, 1.82) is 0 Å². The van der Waals surface area contributed by atoms with E-state index in [1.54, 1.807) is 6.08 Å². The van der Waals surface area contributed by atoms with Gasteiger partial charge in [-0.1, -0.05) is 12.1 Å². The average Bonchev–Trinajstić information content (AvgIpc) is 2.60. The van der Waals surface area contributed by atoms with Crippen molar-refractivity contribution in [2.24, 2.45) is 0 Å². The van der Waals surface area contributed by atoms with Gasteiger partial charge in [-0.25, -0.2) is 8.42 Å². The third kappa shape index (κ3) is 3.64. The van der Waals surface area contributed by atoms with E-state index in [0.29, 0.717) is 6.54 Å². The predicted molar refractivity (Wildman–Crippen MR) is 75.4 cm³/mol. The van der Waals surface area contributed by atoms with Gasteiger partial charge < -0.3 is 5.32 Å². The van der Waals surface area contributed by atoms with Gasteiger partial charge in [-0.05, 0) is 49.6 Å². The van der Waals surface area contributed by atoms with E-state index in [1.807, 2.05) is 18.2 Å². The summed E-state index contributed by atoms with van der Waals surface area (Å²) in [5.41, 5.74) is 1.11. The molecule has 3 nitrogen and oxygen atoms in total. The quantitative estimate of drug-likeness (QED) is 0.876. The third-order valence-corrected chi connectivity index (χ3v) is 5.76. The molecule has 0 saturated carbocycles. The van der Waals surface area contributed by atoms with Crippen LogP contribution in [0.2, 0.25) is 0 Å². The lowest BCUT2D eigenvalue weighted by molar-refractivity contribution is 0.590. The van der Waals surface area contributed by atoms with Crippen LogP contribution in [0.1, 0.15) is 5.56 Å². The molecule has 1 aromatic carbocycles. The van der Waals surface area contributed by atoms with Gasteiger partial charge in [-0.3, -0.25) is 0 Å². The Morgan fingerprint density at radius 1 is 1.29 bits per heavy atom. The topological polar surface area (TPSA) is 46.2 Å². The number of halogens is 2. The molecule has 0 aliphatic carbocycles. The molecule has 1 N–H and O–H groups in total. The van der Waals surface area contributed by atoms with Crippen molar-refractivity contribution in [3.63, 3.8) is 0 Å². The molecule has 1 aliphatic heterocycles. The number of hydrogen-bond acceptors (Lipinski definition) is 3. The highest BCUT2D eigenvalue weighted by Gasteiger charge is 2.20. The van der Waals surface area contributed by atoms with Crippen LogP contribution in [0.3, 0.4) is 0 Å². The minimum absolute atomic E-state index is 0.0811. The van der Waals surface area contributed by atoms with Gasteiger partial charge in [0.1, 0.15) is 0 Å². The number of benzene rings is 1. The average molecular weight is 381 g/mol. The van der Waals surface area contributed by atoms with E-state index in [2.05, 4.69) is 37.2 Å². The highest BCUT2D eigenvalue weighted by atomic mass is 79.9. The molecule has 1 unspecified atom stereocenters. The van der Waals surface area contributed by atoms with Crippen molar-refractivity contribution in [2.75, 3.05) is 5.75 Å². The predicted octanol–water partition coefficient (Wildman–Crippen LogP) is 2.61. The Labute approximate surface area is 117 Å². The Morgan fingerprint density at radius 2 is 2.06 bits per heavy atom. The van der Waals surface area contributed by atoms with E-state index in [1.165, 1.54) is 5.41 Å². The van der Waals surface area contributed by atoms with E-state index in [4.69, 9.17) is 0 Å². The molecule has 1 atom stereocenters. The van der Waals surface area contributed by atoms with Gasteiger partial charge >= 0.3 is 0 Å². The highest BCUT2D eigenvalue weighted by molar-refractivity contribution is 9.13. The molecule has 0 amide bonds. The maximum absolute atomic E-state index is 11.2. The zero-order valence-corrected chi connectivity index (χ0v) is 12.8. The molecule has 0 saturated heterocycles. The Kier molecular flexibility index (Phi) is 4.07. The fraction of sp³-hybridized carbons (Fsp3) is 0.273. The summed E-state index contributed by atoms with van der Waals surface area (Å²) in [6, 6.07) is 5.88. The van der Waals surface area contributed by atoms with Crippen LogP contribution in [-0.2, 0) is 16.4 Å².